The lowest BCUT2D eigenvalue weighted by Gasteiger charge is -2.23. The molecule has 1 saturated heterocycles. The molecule has 0 aliphatic carbocycles. The van der Waals surface area contributed by atoms with Gasteiger partial charge in [0.05, 0.1) is 12.1 Å². The van der Waals surface area contributed by atoms with E-state index in [1.165, 1.54) is 6.07 Å². The van der Waals surface area contributed by atoms with Crippen molar-refractivity contribution in [2.45, 2.75) is 12.2 Å². The number of anilines is 1. The van der Waals surface area contributed by atoms with E-state index in [2.05, 4.69) is 16.0 Å². The normalized spacial score (nSPS) is 19.0. The first-order chi connectivity index (χ1) is 9.75. The lowest BCUT2D eigenvalue weighted by atomic mass is 10.1. The molecule has 0 aromatic heterocycles. The molecule has 0 bridgehead atoms. The van der Waals surface area contributed by atoms with Crippen molar-refractivity contribution in [3.63, 3.8) is 0 Å². The number of benzene rings is 1. The monoisotopic (exact) mass is 321 g/mol. The molecule has 2 rings (SSSR count). The summed E-state index contributed by atoms with van der Waals surface area (Å²) in [6.07, 6.45) is -4.55. The first-order valence-electron chi connectivity index (χ1n) is 5.94. The summed E-state index contributed by atoms with van der Waals surface area (Å²) in [4.78, 5) is 22.8. The van der Waals surface area contributed by atoms with Crippen molar-refractivity contribution < 1.29 is 22.8 Å². The Morgan fingerprint density at radius 2 is 2.05 bits per heavy atom. The highest BCUT2D eigenvalue weighted by Crippen LogP contribution is 2.33. The molecule has 1 aromatic carbocycles. The average molecular weight is 322 g/mol. The molecule has 9 heteroatoms. The Morgan fingerprint density at radius 1 is 1.33 bits per heavy atom. The molecule has 3 N–H and O–H groups in total. The average Bonchev–Trinajstić information content (AvgIpc) is 2.37. The molecular weight excluding hydrogens is 311 g/mol. The van der Waals surface area contributed by atoms with Crippen molar-refractivity contribution in [3.8, 4) is 0 Å². The standard InChI is InChI=1S/C12H11ClF3N3O2/c13-7-1-6(12(14,15)16)2-8(3-7)19-11(21)9-4-18-10(20)5-17-9/h1-3,9,17H,4-5H2,(H,18,20)(H,19,21). The zero-order chi connectivity index (χ0) is 15.6. The van der Waals surface area contributed by atoms with Crippen molar-refractivity contribution in [1.29, 1.82) is 0 Å². The number of nitrogens with one attached hydrogen (secondary N) is 3. The topological polar surface area (TPSA) is 70.2 Å². The van der Waals surface area contributed by atoms with E-state index in [-0.39, 0.29) is 29.7 Å². The van der Waals surface area contributed by atoms with Gasteiger partial charge in [0.2, 0.25) is 11.8 Å². The number of alkyl halides is 3. The third kappa shape index (κ3) is 4.08. The summed E-state index contributed by atoms with van der Waals surface area (Å²) >= 11 is 5.62. The molecule has 0 saturated carbocycles. The second kappa shape index (κ2) is 5.90. The Hall–Kier alpha value is -1.80. The number of halogens is 4. The Balaban J connectivity index is 2.10. The smallest absolute Gasteiger partial charge is 0.353 e. The van der Waals surface area contributed by atoms with Gasteiger partial charge in [-0.05, 0) is 18.2 Å². The van der Waals surface area contributed by atoms with Crippen LogP contribution in [0.15, 0.2) is 18.2 Å². The van der Waals surface area contributed by atoms with Crippen LogP contribution < -0.4 is 16.0 Å². The number of piperazine rings is 1. The summed E-state index contributed by atoms with van der Waals surface area (Å²) < 4.78 is 38.0. The van der Waals surface area contributed by atoms with Gasteiger partial charge >= 0.3 is 6.18 Å². The molecule has 1 aliphatic rings. The second-order valence-electron chi connectivity index (χ2n) is 4.45. The highest BCUT2D eigenvalue weighted by Gasteiger charge is 2.31. The number of carbonyl (C=O) groups is 2. The number of amides is 2. The molecule has 1 atom stereocenters. The molecule has 0 spiro atoms. The minimum Gasteiger partial charge on any atom is -0.353 e. The molecule has 1 heterocycles. The molecule has 1 unspecified atom stereocenters. The summed E-state index contributed by atoms with van der Waals surface area (Å²) in [5.41, 5.74) is -1.01. The van der Waals surface area contributed by atoms with Gasteiger partial charge in [0.25, 0.3) is 0 Å². The van der Waals surface area contributed by atoms with Gasteiger partial charge in [0, 0.05) is 17.3 Å². The molecule has 21 heavy (non-hydrogen) atoms. The predicted octanol–water partition coefficient (Wildman–Crippen LogP) is 1.39. The fraction of sp³-hybridized carbons (Fsp3) is 0.333. The molecular formula is C12H11ClF3N3O2. The Morgan fingerprint density at radius 3 is 2.62 bits per heavy atom. The number of hydrogen-bond donors (Lipinski definition) is 3. The first kappa shape index (κ1) is 15.6. The van der Waals surface area contributed by atoms with Crippen molar-refractivity contribution in [1.82, 2.24) is 10.6 Å². The third-order valence-corrected chi connectivity index (χ3v) is 3.04. The molecule has 1 fully saturated rings. The van der Waals surface area contributed by atoms with Crippen LogP contribution in [0.5, 0.6) is 0 Å². The van der Waals surface area contributed by atoms with Gasteiger partial charge in [-0.1, -0.05) is 11.6 Å². The van der Waals surface area contributed by atoms with E-state index < -0.39 is 23.7 Å². The molecule has 1 aromatic rings. The zero-order valence-corrected chi connectivity index (χ0v) is 11.3. The van der Waals surface area contributed by atoms with Gasteiger partial charge < -0.3 is 10.6 Å². The number of rotatable bonds is 2. The highest BCUT2D eigenvalue weighted by atomic mass is 35.5. The Bertz CT molecular complexity index is 567. The van der Waals surface area contributed by atoms with Crippen LogP contribution in [0.25, 0.3) is 0 Å². The lowest BCUT2D eigenvalue weighted by molar-refractivity contribution is -0.137. The largest absolute Gasteiger partial charge is 0.416 e. The van der Waals surface area contributed by atoms with Crippen LogP contribution in [0.3, 0.4) is 0 Å². The summed E-state index contributed by atoms with van der Waals surface area (Å²) in [7, 11) is 0. The van der Waals surface area contributed by atoms with E-state index in [0.29, 0.717) is 0 Å². The minimum absolute atomic E-state index is 0.0264. The summed E-state index contributed by atoms with van der Waals surface area (Å²) in [6, 6.07) is 2.08. The Labute approximate surface area is 122 Å². The van der Waals surface area contributed by atoms with Crippen LogP contribution in [0, 0.1) is 0 Å². The van der Waals surface area contributed by atoms with Crippen LogP contribution in [-0.4, -0.2) is 30.9 Å². The van der Waals surface area contributed by atoms with Crippen molar-refractivity contribution in [3.05, 3.63) is 28.8 Å². The van der Waals surface area contributed by atoms with E-state index in [1.54, 1.807) is 0 Å². The minimum atomic E-state index is -4.55. The highest BCUT2D eigenvalue weighted by molar-refractivity contribution is 6.31. The van der Waals surface area contributed by atoms with Gasteiger partial charge in [0.15, 0.2) is 0 Å². The van der Waals surface area contributed by atoms with Gasteiger partial charge in [-0.15, -0.1) is 0 Å². The van der Waals surface area contributed by atoms with Gasteiger partial charge in [-0.25, -0.2) is 0 Å². The second-order valence-corrected chi connectivity index (χ2v) is 4.89. The van der Waals surface area contributed by atoms with E-state index >= 15 is 0 Å². The first-order valence-corrected chi connectivity index (χ1v) is 6.32. The SMILES string of the molecule is O=C1CNC(C(=O)Nc2cc(Cl)cc(C(F)(F)F)c2)CN1. The van der Waals surface area contributed by atoms with E-state index in [1.807, 2.05) is 0 Å². The third-order valence-electron chi connectivity index (χ3n) is 2.82. The van der Waals surface area contributed by atoms with Gasteiger partial charge in [-0.3, -0.25) is 14.9 Å². The van der Waals surface area contributed by atoms with Crippen LogP contribution in [0.4, 0.5) is 18.9 Å². The lowest BCUT2D eigenvalue weighted by Crippen LogP contribution is -2.56. The van der Waals surface area contributed by atoms with Crippen LogP contribution in [-0.2, 0) is 15.8 Å². The molecule has 2 amide bonds. The summed E-state index contributed by atoms with van der Waals surface area (Å²) in [5, 5.41) is 7.35. The maximum atomic E-state index is 12.7. The summed E-state index contributed by atoms with van der Waals surface area (Å²) in [6.45, 7) is 0.0405. The molecule has 1 aliphatic heterocycles. The van der Waals surface area contributed by atoms with E-state index in [4.69, 9.17) is 11.6 Å². The van der Waals surface area contributed by atoms with Gasteiger partial charge in [0.1, 0.15) is 6.04 Å². The van der Waals surface area contributed by atoms with Crippen LogP contribution >= 0.6 is 11.6 Å². The number of hydrogen-bond acceptors (Lipinski definition) is 3. The van der Waals surface area contributed by atoms with Crippen molar-refractivity contribution in [2.75, 3.05) is 18.4 Å². The van der Waals surface area contributed by atoms with Crippen molar-refractivity contribution >= 4 is 29.1 Å². The maximum Gasteiger partial charge on any atom is 0.416 e. The van der Waals surface area contributed by atoms with Crippen LogP contribution in [0.2, 0.25) is 5.02 Å². The molecule has 5 nitrogen and oxygen atoms in total. The van der Waals surface area contributed by atoms with E-state index in [0.717, 1.165) is 12.1 Å². The molecule has 0 radical (unpaired) electrons. The zero-order valence-electron chi connectivity index (χ0n) is 10.6. The van der Waals surface area contributed by atoms with Crippen molar-refractivity contribution in [2.24, 2.45) is 0 Å². The summed E-state index contributed by atoms with van der Waals surface area (Å²) in [5.74, 6) is -0.799. The number of carbonyl (C=O) groups excluding carboxylic acids is 2. The fourth-order valence-electron chi connectivity index (χ4n) is 1.81. The maximum absolute atomic E-state index is 12.7. The fourth-order valence-corrected chi connectivity index (χ4v) is 2.04. The van der Waals surface area contributed by atoms with Gasteiger partial charge in [-0.2, -0.15) is 13.2 Å². The van der Waals surface area contributed by atoms with Crippen LogP contribution in [0.1, 0.15) is 5.56 Å². The quantitative estimate of drug-likeness (QED) is 0.771. The Kier molecular flexibility index (Phi) is 4.38. The predicted molar refractivity (Wildman–Crippen MR) is 69.9 cm³/mol. The molecule has 114 valence electrons. The van der Waals surface area contributed by atoms with E-state index in [9.17, 15) is 22.8 Å².